The molecule has 1 aliphatic heterocycles. The van der Waals surface area contributed by atoms with Gasteiger partial charge in [0.2, 0.25) is 0 Å². The average molecular weight is 513 g/mol. The second-order valence-corrected chi connectivity index (χ2v) is 9.64. The van der Waals surface area contributed by atoms with Crippen molar-refractivity contribution in [2.75, 3.05) is 14.2 Å². The van der Waals surface area contributed by atoms with Crippen molar-refractivity contribution in [3.05, 3.63) is 89.6 Å². The van der Waals surface area contributed by atoms with Crippen LogP contribution in [0.2, 0.25) is 5.02 Å². The van der Waals surface area contributed by atoms with E-state index in [9.17, 15) is 9.59 Å². The number of halogens is 1. The van der Waals surface area contributed by atoms with Crippen molar-refractivity contribution < 1.29 is 19.0 Å². The van der Waals surface area contributed by atoms with Crippen LogP contribution in [0.15, 0.2) is 63.5 Å². The molecule has 0 saturated carbocycles. The number of rotatable bonds is 6. The summed E-state index contributed by atoms with van der Waals surface area (Å²) in [7, 11) is 2.82. The molecule has 35 heavy (non-hydrogen) atoms. The number of nitrogens with zero attached hydrogens (tertiary/aromatic N) is 2. The number of hydrogen-bond donors (Lipinski definition) is 0. The van der Waals surface area contributed by atoms with Gasteiger partial charge in [0.1, 0.15) is 17.5 Å². The number of carbonyl (C=O) groups is 1. The number of carbonyl (C=O) groups excluding carboxylic acids is 1. The fraction of sp³-hybridized carbons (Fsp3) is 0.269. The molecule has 0 fully saturated rings. The zero-order valence-electron chi connectivity index (χ0n) is 20.0. The van der Waals surface area contributed by atoms with Crippen molar-refractivity contribution in [1.82, 2.24) is 4.57 Å². The third-order valence-electron chi connectivity index (χ3n) is 5.46. The van der Waals surface area contributed by atoms with Crippen LogP contribution < -0.4 is 24.4 Å². The standard InChI is InChI=1S/C26H25ClN2O5S/c1-14(2)34-18-9-6-16(7-10-18)12-21-24(30)29-23(19-13-17(27)8-11-20(19)32-4)22(25(31)33-5)15(3)28-26(29)35-21/h6-14,23H,1-5H3/b21-12-/t23-/m1/s1. The van der Waals surface area contributed by atoms with Crippen LogP contribution in [-0.2, 0) is 9.53 Å². The van der Waals surface area contributed by atoms with E-state index in [2.05, 4.69) is 4.99 Å². The van der Waals surface area contributed by atoms with E-state index < -0.39 is 12.0 Å². The summed E-state index contributed by atoms with van der Waals surface area (Å²) in [6.07, 6.45) is 1.87. The van der Waals surface area contributed by atoms with Gasteiger partial charge in [0, 0.05) is 10.6 Å². The first kappa shape index (κ1) is 24.8. The molecule has 1 atom stereocenters. The van der Waals surface area contributed by atoms with Crippen LogP contribution in [0, 0.1) is 0 Å². The molecule has 0 aliphatic carbocycles. The molecule has 0 saturated heterocycles. The summed E-state index contributed by atoms with van der Waals surface area (Å²) in [5.74, 6) is 0.670. The molecular formula is C26H25ClN2O5S. The van der Waals surface area contributed by atoms with E-state index in [1.165, 1.54) is 30.1 Å². The van der Waals surface area contributed by atoms with Gasteiger partial charge >= 0.3 is 5.97 Å². The summed E-state index contributed by atoms with van der Waals surface area (Å²) in [5, 5.41) is 0.450. The molecule has 4 rings (SSSR count). The molecule has 1 aliphatic rings. The summed E-state index contributed by atoms with van der Waals surface area (Å²) in [6.45, 7) is 5.65. The molecule has 0 N–H and O–H groups in total. The highest BCUT2D eigenvalue weighted by Crippen LogP contribution is 2.37. The first-order valence-corrected chi connectivity index (χ1v) is 12.1. The van der Waals surface area contributed by atoms with Crippen molar-refractivity contribution >= 4 is 35.0 Å². The van der Waals surface area contributed by atoms with Crippen LogP contribution in [0.25, 0.3) is 6.08 Å². The second-order valence-electron chi connectivity index (χ2n) is 8.20. The van der Waals surface area contributed by atoms with E-state index in [1.54, 1.807) is 31.2 Å². The molecule has 0 bridgehead atoms. The molecule has 182 valence electrons. The Morgan fingerprint density at radius 1 is 1.17 bits per heavy atom. The highest BCUT2D eigenvalue weighted by Gasteiger charge is 2.35. The first-order valence-electron chi connectivity index (χ1n) is 10.9. The van der Waals surface area contributed by atoms with E-state index in [1.807, 2.05) is 38.1 Å². The van der Waals surface area contributed by atoms with Crippen LogP contribution in [0.5, 0.6) is 11.5 Å². The molecule has 0 unspecified atom stereocenters. The monoisotopic (exact) mass is 512 g/mol. The van der Waals surface area contributed by atoms with Gasteiger partial charge in [0.15, 0.2) is 4.80 Å². The third kappa shape index (κ3) is 4.90. The van der Waals surface area contributed by atoms with Gasteiger partial charge in [-0.1, -0.05) is 35.1 Å². The van der Waals surface area contributed by atoms with Crippen molar-refractivity contribution in [3.63, 3.8) is 0 Å². The number of ether oxygens (including phenoxy) is 3. The molecule has 9 heteroatoms. The minimum Gasteiger partial charge on any atom is -0.496 e. The lowest BCUT2D eigenvalue weighted by atomic mass is 9.95. The fourth-order valence-corrected chi connectivity index (χ4v) is 5.20. The van der Waals surface area contributed by atoms with E-state index in [4.69, 9.17) is 25.8 Å². The number of hydrogen-bond acceptors (Lipinski definition) is 7. The predicted molar refractivity (Wildman–Crippen MR) is 136 cm³/mol. The molecular weight excluding hydrogens is 488 g/mol. The zero-order valence-corrected chi connectivity index (χ0v) is 21.6. The Balaban J connectivity index is 1.92. The van der Waals surface area contributed by atoms with Gasteiger partial charge < -0.3 is 14.2 Å². The maximum Gasteiger partial charge on any atom is 0.338 e. The molecule has 0 radical (unpaired) electrons. The minimum absolute atomic E-state index is 0.0697. The van der Waals surface area contributed by atoms with Crippen LogP contribution >= 0.6 is 22.9 Å². The Bertz CT molecular complexity index is 1490. The lowest BCUT2D eigenvalue weighted by Gasteiger charge is -2.25. The van der Waals surface area contributed by atoms with Gasteiger partial charge in [-0.05, 0) is 62.7 Å². The maximum absolute atomic E-state index is 13.7. The van der Waals surface area contributed by atoms with Crippen LogP contribution in [0.3, 0.4) is 0 Å². The van der Waals surface area contributed by atoms with Gasteiger partial charge in [-0.15, -0.1) is 0 Å². The van der Waals surface area contributed by atoms with Gasteiger partial charge in [0.25, 0.3) is 5.56 Å². The van der Waals surface area contributed by atoms with Gasteiger partial charge in [0.05, 0.1) is 36.1 Å². The molecule has 2 aromatic carbocycles. The summed E-state index contributed by atoms with van der Waals surface area (Å²) in [5.41, 5.74) is 1.84. The Kier molecular flexibility index (Phi) is 7.14. The number of methoxy groups -OCH3 is 2. The summed E-state index contributed by atoms with van der Waals surface area (Å²) in [6, 6.07) is 11.8. The molecule has 2 heterocycles. The zero-order chi connectivity index (χ0) is 25.3. The largest absolute Gasteiger partial charge is 0.496 e. The Morgan fingerprint density at radius 2 is 1.89 bits per heavy atom. The van der Waals surface area contributed by atoms with E-state index in [0.29, 0.717) is 31.4 Å². The SMILES string of the molecule is COC(=O)C1=C(C)N=c2s/c(=C\c3ccc(OC(C)C)cc3)c(=O)n2[C@@H]1c1cc(Cl)ccc1OC. The molecule has 1 aromatic heterocycles. The number of allylic oxidation sites excluding steroid dienone is 1. The molecule has 0 amide bonds. The van der Waals surface area contributed by atoms with Crippen LogP contribution in [-0.4, -0.2) is 30.9 Å². The summed E-state index contributed by atoms with van der Waals surface area (Å²) < 4.78 is 18.3. The second kappa shape index (κ2) is 10.1. The number of esters is 1. The minimum atomic E-state index is -0.809. The predicted octanol–water partition coefficient (Wildman–Crippen LogP) is 3.86. The quantitative estimate of drug-likeness (QED) is 0.469. The highest BCUT2D eigenvalue weighted by molar-refractivity contribution is 7.07. The Morgan fingerprint density at radius 3 is 2.51 bits per heavy atom. The number of fused-ring (bicyclic) bond motifs is 1. The lowest BCUT2D eigenvalue weighted by Crippen LogP contribution is -2.40. The molecule has 0 spiro atoms. The van der Waals surface area contributed by atoms with Crippen molar-refractivity contribution in [2.45, 2.75) is 32.9 Å². The van der Waals surface area contributed by atoms with Crippen molar-refractivity contribution in [2.24, 2.45) is 4.99 Å². The lowest BCUT2D eigenvalue weighted by molar-refractivity contribution is -0.136. The summed E-state index contributed by atoms with van der Waals surface area (Å²) in [4.78, 5) is 31.5. The van der Waals surface area contributed by atoms with E-state index in [0.717, 1.165) is 11.3 Å². The number of thiazole rings is 1. The highest BCUT2D eigenvalue weighted by atomic mass is 35.5. The Hall–Kier alpha value is -3.36. The summed E-state index contributed by atoms with van der Waals surface area (Å²) >= 11 is 7.55. The van der Waals surface area contributed by atoms with Crippen LogP contribution in [0.4, 0.5) is 0 Å². The first-order chi connectivity index (χ1) is 16.7. The molecule has 3 aromatic rings. The molecule has 7 nitrogen and oxygen atoms in total. The smallest absolute Gasteiger partial charge is 0.338 e. The van der Waals surface area contributed by atoms with Crippen LogP contribution in [0.1, 0.15) is 37.9 Å². The normalized spacial score (nSPS) is 15.6. The van der Waals surface area contributed by atoms with Crippen molar-refractivity contribution in [1.29, 1.82) is 0 Å². The average Bonchev–Trinajstić information content (AvgIpc) is 3.13. The number of aromatic nitrogens is 1. The van der Waals surface area contributed by atoms with E-state index >= 15 is 0 Å². The van der Waals surface area contributed by atoms with Crippen molar-refractivity contribution in [3.8, 4) is 11.5 Å². The van der Waals surface area contributed by atoms with Gasteiger partial charge in [-0.25, -0.2) is 9.79 Å². The Labute approximate surface area is 211 Å². The van der Waals surface area contributed by atoms with Gasteiger partial charge in [-0.2, -0.15) is 0 Å². The topological polar surface area (TPSA) is 79.1 Å². The fourth-order valence-electron chi connectivity index (χ4n) is 3.97. The maximum atomic E-state index is 13.7. The van der Waals surface area contributed by atoms with Gasteiger partial charge in [-0.3, -0.25) is 9.36 Å². The number of benzene rings is 2. The third-order valence-corrected chi connectivity index (χ3v) is 6.68. The van der Waals surface area contributed by atoms with E-state index in [-0.39, 0.29) is 17.2 Å².